The summed E-state index contributed by atoms with van der Waals surface area (Å²) in [5, 5.41) is 0. The van der Waals surface area contributed by atoms with Crippen LogP contribution in [-0.2, 0) is 14.8 Å². The molecule has 2 heterocycles. The Balaban J connectivity index is 1.85. The van der Waals surface area contributed by atoms with E-state index in [4.69, 9.17) is 4.74 Å². The highest BCUT2D eigenvalue weighted by Crippen LogP contribution is 2.23. The van der Waals surface area contributed by atoms with Crippen molar-refractivity contribution in [3.8, 4) is 0 Å². The molecule has 0 radical (unpaired) electrons. The Labute approximate surface area is 155 Å². The second-order valence-corrected chi connectivity index (χ2v) is 8.44. The highest BCUT2D eigenvalue weighted by molar-refractivity contribution is 7.92. The molecule has 1 aromatic heterocycles. The molecule has 0 amide bonds. The quantitative estimate of drug-likeness (QED) is 0.803. The molecule has 0 bridgehead atoms. The van der Waals surface area contributed by atoms with Gasteiger partial charge in [-0.2, -0.15) is 0 Å². The van der Waals surface area contributed by atoms with Crippen molar-refractivity contribution >= 4 is 21.5 Å². The maximum Gasteiger partial charge on any atom is 0.274 e. The van der Waals surface area contributed by atoms with Gasteiger partial charge in [-0.3, -0.25) is 9.21 Å². The number of nitrogens with one attached hydrogen (secondary N) is 1. The molecule has 1 aromatic carbocycles. The zero-order chi connectivity index (χ0) is 18.7. The van der Waals surface area contributed by atoms with Crippen LogP contribution in [0.5, 0.6) is 0 Å². The average Bonchev–Trinajstić information content (AvgIpc) is 2.62. The highest BCUT2D eigenvalue weighted by Gasteiger charge is 2.30. The predicted octanol–water partition coefficient (Wildman–Crippen LogP) is 2.33. The maximum absolute atomic E-state index is 13.0. The summed E-state index contributed by atoms with van der Waals surface area (Å²) >= 11 is 0. The van der Waals surface area contributed by atoms with Crippen molar-refractivity contribution in [2.45, 2.75) is 37.9 Å². The van der Waals surface area contributed by atoms with Crippen LogP contribution in [0.3, 0.4) is 0 Å². The lowest BCUT2D eigenvalue weighted by Crippen LogP contribution is -2.47. The molecule has 7 heteroatoms. The van der Waals surface area contributed by atoms with E-state index in [0.717, 1.165) is 18.9 Å². The van der Waals surface area contributed by atoms with E-state index in [1.165, 1.54) is 4.31 Å². The van der Waals surface area contributed by atoms with Crippen molar-refractivity contribution in [1.82, 2.24) is 0 Å². The number of sulfonamides is 1. The molecule has 0 saturated carbocycles. The van der Waals surface area contributed by atoms with Gasteiger partial charge in [0.2, 0.25) is 0 Å². The fourth-order valence-electron chi connectivity index (χ4n) is 3.35. The third-order valence-corrected chi connectivity index (χ3v) is 6.35. The number of H-pyrrole nitrogens is 1. The molecule has 6 nitrogen and oxygen atoms in total. The zero-order valence-corrected chi connectivity index (χ0v) is 16.2. The van der Waals surface area contributed by atoms with Crippen molar-refractivity contribution in [3.05, 3.63) is 48.7 Å². The van der Waals surface area contributed by atoms with Gasteiger partial charge in [0.05, 0.1) is 17.9 Å². The Kier molecular flexibility index (Phi) is 5.48. The standard InChI is InChI=1S/C19H25N3O3S/c1-4-22(17-8-6-5-7-9-17)26(23,24)18-10-11-19(20-12-18)21-13-15(2)25-16(3)14-21/h5-12,15-16H,4,13-14H2,1-3H3/p+1/t15-,16-/m1/s1. The molecule has 0 aliphatic carbocycles. The van der Waals surface area contributed by atoms with E-state index in [9.17, 15) is 8.42 Å². The van der Waals surface area contributed by atoms with E-state index in [1.54, 1.807) is 24.4 Å². The minimum absolute atomic E-state index is 0.143. The van der Waals surface area contributed by atoms with Crippen LogP contribution in [0.25, 0.3) is 0 Å². The Morgan fingerprint density at radius 3 is 2.31 bits per heavy atom. The van der Waals surface area contributed by atoms with Gasteiger partial charge in [-0.15, -0.1) is 0 Å². The summed E-state index contributed by atoms with van der Waals surface area (Å²) in [4.78, 5) is 5.58. The number of anilines is 2. The molecule has 0 unspecified atom stereocenters. The maximum atomic E-state index is 13.0. The first-order valence-corrected chi connectivity index (χ1v) is 10.4. The summed E-state index contributed by atoms with van der Waals surface area (Å²) in [7, 11) is -3.61. The number of ether oxygens (including phenoxy) is 1. The van der Waals surface area contributed by atoms with Gasteiger partial charge in [0, 0.05) is 12.6 Å². The summed E-state index contributed by atoms with van der Waals surface area (Å²) in [6, 6.07) is 12.6. The number of hydrogen-bond acceptors (Lipinski definition) is 4. The first kappa shape index (κ1) is 18.7. The number of benzene rings is 1. The molecule has 3 rings (SSSR count). The van der Waals surface area contributed by atoms with Crippen molar-refractivity contribution < 1.29 is 18.1 Å². The number of nitrogens with zero attached hydrogens (tertiary/aromatic N) is 2. The highest BCUT2D eigenvalue weighted by atomic mass is 32.2. The molecule has 2 atom stereocenters. The second-order valence-electron chi connectivity index (χ2n) is 6.58. The smallest absolute Gasteiger partial charge is 0.274 e. The molecule has 1 aliphatic rings. The second kappa shape index (κ2) is 7.63. The van der Waals surface area contributed by atoms with Crippen LogP contribution in [0.4, 0.5) is 11.5 Å². The summed E-state index contributed by atoms with van der Waals surface area (Å²) in [6.45, 7) is 7.84. The van der Waals surface area contributed by atoms with Crippen LogP contribution in [0.1, 0.15) is 20.8 Å². The third kappa shape index (κ3) is 3.83. The van der Waals surface area contributed by atoms with Crippen molar-refractivity contribution in [2.75, 3.05) is 28.8 Å². The van der Waals surface area contributed by atoms with Crippen LogP contribution in [0.15, 0.2) is 53.6 Å². The minimum atomic E-state index is -3.61. The van der Waals surface area contributed by atoms with Crippen molar-refractivity contribution in [1.29, 1.82) is 0 Å². The van der Waals surface area contributed by atoms with Crippen LogP contribution >= 0.6 is 0 Å². The zero-order valence-electron chi connectivity index (χ0n) is 15.4. The Morgan fingerprint density at radius 2 is 1.77 bits per heavy atom. The summed E-state index contributed by atoms with van der Waals surface area (Å²) in [6.07, 6.45) is 1.86. The SMILES string of the molecule is CCN(c1ccccc1)S(=O)(=O)c1ccc(N2C[C@@H](C)O[C@H](C)C2)[nH+]c1. The van der Waals surface area contributed by atoms with Gasteiger partial charge in [0.15, 0.2) is 0 Å². The van der Waals surface area contributed by atoms with E-state index in [-0.39, 0.29) is 17.1 Å². The fourth-order valence-corrected chi connectivity index (χ4v) is 4.79. The number of para-hydroxylation sites is 1. The molecule has 2 aromatic rings. The van der Waals surface area contributed by atoms with Gasteiger partial charge in [-0.1, -0.05) is 18.2 Å². The van der Waals surface area contributed by atoms with Crippen LogP contribution in [-0.4, -0.2) is 40.3 Å². The van der Waals surface area contributed by atoms with Gasteiger partial charge in [-0.25, -0.2) is 13.4 Å². The number of pyridine rings is 1. The summed E-state index contributed by atoms with van der Waals surface area (Å²) in [5.74, 6) is 0.897. The first-order chi connectivity index (χ1) is 12.4. The van der Waals surface area contributed by atoms with Gasteiger partial charge in [0.25, 0.3) is 15.8 Å². The van der Waals surface area contributed by atoms with Crippen molar-refractivity contribution in [2.24, 2.45) is 0 Å². The summed E-state index contributed by atoms with van der Waals surface area (Å²) in [5.41, 5.74) is 0.662. The molecule has 140 valence electrons. The van der Waals surface area contributed by atoms with Gasteiger partial charge in [0.1, 0.15) is 24.2 Å². The van der Waals surface area contributed by atoms with E-state index in [2.05, 4.69) is 9.88 Å². The number of aromatic nitrogens is 1. The summed E-state index contributed by atoms with van der Waals surface area (Å²) < 4.78 is 33.2. The van der Waals surface area contributed by atoms with Crippen molar-refractivity contribution in [3.63, 3.8) is 0 Å². The lowest BCUT2D eigenvalue weighted by molar-refractivity contribution is -0.368. The monoisotopic (exact) mass is 376 g/mol. The largest absolute Gasteiger partial charge is 0.367 e. The lowest BCUT2D eigenvalue weighted by Gasteiger charge is -2.30. The molecular weight excluding hydrogens is 350 g/mol. The lowest BCUT2D eigenvalue weighted by atomic mass is 10.2. The van der Waals surface area contributed by atoms with E-state index >= 15 is 0 Å². The van der Waals surface area contributed by atoms with Crippen LogP contribution in [0.2, 0.25) is 0 Å². The van der Waals surface area contributed by atoms with Gasteiger partial charge < -0.3 is 4.74 Å². The van der Waals surface area contributed by atoms with Crippen LogP contribution in [0, 0.1) is 0 Å². The van der Waals surface area contributed by atoms with Gasteiger partial charge in [-0.05, 0) is 39.0 Å². The third-order valence-electron chi connectivity index (χ3n) is 4.45. The number of rotatable bonds is 5. The fraction of sp³-hybridized carbons (Fsp3) is 0.421. The van der Waals surface area contributed by atoms with E-state index < -0.39 is 10.0 Å². The molecule has 1 fully saturated rings. The first-order valence-electron chi connectivity index (χ1n) is 8.91. The number of aromatic amines is 1. The Hall–Kier alpha value is -2.12. The topological polar surface area (TPSA) is 64.0 Å². The predicted molar refractivity (Wildman–Crippen MR) is 102 cm³/mol. The minimum Gasteiger partial charge on any atom is -0.367 e. The molecule has 1 aliphatic heterocycles. The number of morpholine rings is 1. The number of hydrogen-bond donors (Lipinski definition) is 0. The van der Waals surface area contributed by atoms with Crippen LogP contribution < -0.4 is 14.2 Å². The normalized spacial score (nSPS) is 20.8. The molecule has 0 spiro atoms. The van der Waals surface area contributed by atoms with E-state index in [0.29, 0.717) is 12.2 Å². The molecule has 1 N–H and O–H groups in total. The molecule has 1 saturated heterocycles. The average molecular weight is 377 g/mol. The van der Waals surface area contributed by atoms with E-state index in [1.807, 2.05) is 45.0 Å². The Bertz CT molecular complexity index is 815. The molecular formula is C19H26N3O3S+. The molecule has 26 heavy (non-hydrogen) atoms. The van der Waals surface area contributed by atoms with Gasteiger partial charge >= 0.3 is 0 Å². The Morgan fingerprint density at radius 1 is 1.12 bits per heavy atom.